The Bertz CT molecular complexity index is 824. The number of hydrogen-bond acceptors (Lipinski definition) is 5. The number of hydrazone groups is 1. The molecule has 1 aliphatic heterocycles. The lowest BCUT2D eigenvalue weighted by atomic mass is 10.1. The van der Waals surface area contributed by atoms with Crippen molar-refractivity contribution in [3.63, 3.8) is 0 Å². The van der Waals surface area contributed by atoms with Gasteiger partial charge in [0.25, 0.3) is 5.91 Å². The number of carbonyl (C=O) groups is 2. The Balaban J connectivity index is 1.35. The van der Waals surface area contributed by atoms with Crippen LogP contribution in [0.25, 0.3) is 0 Å². The van der Waals surface area contributed by atoms with E-state index in [4.69, 9.17) is 4.74 Å². The predicted molar refractivity (Wildman–Crippen MR) is 95.9 cm³/mol. The first kappa shape index (κ1) is 16.0. The van der Waals surface area contributed by atoms with Crippen LogP contribution in [0.5, 0.6) is 0 Å². The molecular weight excluding hydrogens is 336 g/mol. The number of esters is 1. The number of nitrogens with zero attached hydrogens (tertiary/aromatic N) is 2. The monoisotopic (exact) mass is 354 g/mol. The second-order valence-electron chi connectivity index (χ2n) is 6.24. The normalized spacial score (nSPS) is 16.6. The zero-order valence-electron chi connectivity index (χ0n) is 13.7. The molecule has 1 fully saturated rings. The molecule has 25 heavy (non-hydrogen) atoms. The summed E-state index contributed by atoms with van der Waals surface area (Å²) in [7, 11) is 0. The van der Waals surface area contributed by atoms with E-state index >= 15 is 0 Å². The summed E-state index contributed by atoms with van der Waals surface area (Å²) in [5, 5.41) is 7.67. The Hall–Kier alpha value is -2.47. The molecule has 4 rings (SSSR count). The van der Waals surface area contributed by atoms with Gasteiger partial charge in [0.05, 0.1) is 12.3 Å². The first-order valence-electron chi connectivity index (χ1n) is 8.40. The summed E-state index contributed by atoms with van der Waals surface area (Å²) >= 11 is 1.38. The highest BCUT2D eigenvalue weighted by atomic mass is 32.1. The molecule has 1 aromatic heterocycles. The van der Waals surface area contributed by atoms with Gasteiger partial charge in [-0.25, -0.2) is 9.80 Å². The molecule has 1 saturated carbocycles. The van der Waals surface area contributed by atoms with Crippen molar-refractivity contribution >= 4 is 28.9 Å². The minimum Gasteiger partial charge on any atom is -0.451 e. The fourth-order valence-corrected chi connectivity index (χ4v) is 3.82. The highest BCUT2D eigenvalue weighted by molar-refractivity contribution is 7.12. The number of rotatable bonds is 5. The summed E-state index contributed by atoms with van der Waals surface area (Å²) < 4.78 is 5.23. The van der Waals surface area contributed by atoms with Gasteiger partial charge < -0.3 is 4.74 Å². The van der Waals surface area contributed by atoms with E-state index in [2.05, 4.69) is 5.10 Å². The van der Waals surface area contributed by atoms with Crippen LogP contribution in [0.2, 0.25) is 0 Å². The maximum Gasteiger partial charge on any atom is 0.349 e. The largest absolute Gasteiger partial charge is 0.451 e. The van der Waals surface area contributed by atoms with Crippen LogP contribution in [0.15, 0.2) is 46.9 Å². The van der Waals surface area contributed by atoms with Gasteiger partial charge in [-0.1, -0.05) is 30.3 Å². The summed E-state index contributed by atoms with van der Waals surface area (Å²) in [4.78, 5) is 25.1. The fourth-order valence-electron chi connectivity index (χ4n) is 2.94. The Kier molecular flexibility index (Phi) is 4.36. The average Bonchev–Trinajstić information content (AvgIpc) is 3.17. The van der Waals surface area contributed by atoms with Gasteiger partial charge in [0.1, 0.15) is 4.88 Å². The van der Waals surface area contributed by atoms with E-state index in [0.717, 1.165) is 29.7 Å². The van der Waals surface area contributed by atoms with Crippen molar-refractivity contribution in [2.24, 2.45) is 5.10 Å². The highest BCUT2D eigenvalue weighted by Gasteiger charge is 2.30. The Morgan fingerprint density at radius 3 is 2.76 bits per heavy atom. The minimum atomic E-state index is -0.406. The molecule has 0 unspecified atom stereocenters. The Morgan fingerprint density at radius 1 is 1.20 bits per heavy atom. The summed E-state index contributed by atoms with van der Waals surface area (Å²) in [5.41, 5.74) is 2.96. The van der Waals surface area contributed by atoms with Crippen molar-refractivity contribution in [3.8, 4) is 0 Å². The van der Waals surface area contributed by atoms with Crippen molar-refractivity contribution in [2.75, 3.05) is 13.2 Å². The zero-order chi connectivity index (χ0) is 17.2. The van der Waals surface area contributed by atoms with Crippen molar-refractivity contribution in [1.29, 1.82) is 0 Å². The number of thiophene rings is 1. The number of hydrogen-bond donors (Lipinski definition) is 0. The predicted octanol–water partition coefficient (Wildman–Crippen LogP) is 3.42. The smallest absolute Gasteiger partial charge is 0.349 e. The summed E-state index contributed by atoms with van der Waals surface area (Å²) in [6, 6.07) is 11.8. The van der Waals surface area contributed by atoms with Crippen LogP contribution < -0.4 is 0 Å². The third-order valence-corrected chi connectivity index (χ3v) is 5.33. The molecule has 5 nitrogen and oxygen atoms in total. The first-order chi connectivity index (χ1) is 12.2. The first-order valence-corrected chi connectivity index (χ1v) is 9.28. The van der Waals surface area contributed by atoms with Gasteiger partial charge >= 0.3 is 5.97 Å². The number of carbonyl (C=O) groups excluding carboxylic acids is 2. The Labute approximate surface area is 149 Å². The van der Waals surface area contributed by atoms with Crippen LogP contribution in [-0.4, -0.2) is 35.7 Å². The molecule has 128 valence electrons. The molecule has 2 aromatic rings. The van der Waals surface area contributed by atoms with Crippen LogP contribution >= 0.6 is 11.3 Å². The second kappa shape index (κ2) is 6.80. The third kappa shape index (κ3) is 3.49. The second-order valence-corrected chi connectivity index (χ2v) is 7.15. The molecule has 0 spiro atoms. The maximum absolute atomic E-state index is 12.3. The topological polar surface area (TPSA) is 59.0 Å². The van der Waals surface area contributed by atoms with Gasteiger partial charge in [-0.15, -0.1) is 11.3 Å². The zero-order valence-corrected chi connectivity index (χ0v) is 14.5. The number of benzene rings is 1. The van der Waals surface area contributed by atoms with E-state index in [9.17, 15) is 9.59 Å². The van der Waals surface area contributed by atoms with E-state index in [0.29, 0.717) is 23.8 Å². The molecule has 2 heterocycles. The summed E-state index contributed by atoms with van der Waals surface area (Å²) in [6.45, 7) is 0.249. The molecule has 1 amide bonds. The molecule has 0 atom stereocenters. The molecule has 0 N–H and O–H groups in total. The summed E-state index contributed by atoms with van der Waals surface area (Å²) in [5.74, 6) is -0.207. The average molecular weight is 354 g/mol. The van der Waals surface area contributed by atoms with Crippen LogP contribution in [0.4, 0.5) is 0 Å². The molecule has 0 bridgehead atoms. The van der Waals surface area contributed by atoms with Crippen LogP contribution in [0, 0.1) is 0 Å². The molecule has 1 aliphatic carbocycles. The SMILES string of the molecule is O=C(OCC(=O)N1CCC(c2ccccc2)=N1)c1sccc1C1CC1. The minimum absolute atomic E-state index is 0.271. The van der Waals surface area contributed by atoms with Crippen molar-refractivity contribution in [1.82, 2.24) is 5.01 Å². The van der Waals surface area contributed by atoms with E-state index < -0.39 is 5.97 Å². The van der Waals surface area contributed by atoms with Gasteiger partial charge in [0.15, 0.2) is 6.61 Å². The molecule has 2 aliphatic rings. The maximum atomic E-state index is 12.3. The molecule has 0 radical (unpaired) electrons. The van der Waals surface area contributed by atoms with Gasteiger partial charge in [0.2, 0.25) is 0 Å². The van der Waals surface area contributed by atoms with E-state index in [1.165, 1.54) is 16.3 Å². The van der Waals surface area contributed by atoms with Crippen LogP contribution in [0.1, 0.15) is 46.0 Å². The van der Waals surface area contributed by atoms with Gasteiger partial charge in [-0.2, -0.15) is 5.10 Å². The van der Waals surface area contributed by atoms with Gasteiger partial charge in [-0.3, -0.25) is 4.79 Å². The summed E-state index contributed by atoms with van der Waals surface area (Å²) in [6.07, 6.45) is 2.96. The van der Waals surface area contributed by atoms with E-state index in [-0.39, 0.29) is 12.5 Å². The van der Waals surface area contributed by atoms with Crippen molar-refractivity contribution in [2.45, 2.75) is 25.2 Å². The number of amides is 1. The van der Waals surface area contributed by atoms with Gasteiger partial charge in [0, 0.05) is 6.42 Å². The van der Waals surface area contributed by atoms with Crippen LogP contribution in [0.3, 0.4) is 0 Å². The lowest BCUT2D eigenvalue weighted by Crippen LogP contribution is -2.28. The van der Waals surface area contributed by atoms with Crippen molar-refractivity contribution in [3.05, 3.63) is 57.8 Å². The van der Waals surface area contributed by atoms with E-state index in [1.807, 2.05) is 41.8 Å². The third-order valence-electron chi connectivity index (χ3n) is 4.42. The number of ether oxygens (including phenoxy) is 1. The van der Waals surface area contributed by atoms with Crippen molar-refractivity contribution < 1.29 is 14.3 Å². The molecule has 6 heteroatoms. The fraction of sp³-hybridized carbons (Fsp3) is 0.316. The molecular formula is C19H18N2O3S. The lowest BCUT2D eigenvalue weighted by Gasteiger charge is -2.11. The highest BCUT2D eigenvalue weighted by Crippen LogP contribution is 2.43. The van der Waals surface area contributed by atoms with E-state index in [1.54, 1.807) is 0 Å². The Morgan fingerprint density at radius 2 is 2.00 bits per heavy atom. The van der Waals surface area contributed by atoms with Gasteiger partial charge in [-0.05, 0) is 41.3 Å². The lowest BCUT2D eigenvalue weighted by molar-refractivity contribution is -0.134. The molecule has 0 saturated heterocycles. The van der Waals surface area contributed by atoms with Crippen LogP contribution in [-0.2, 0) is 9.53 Å². The molecule has 1 aromatic carbocycles. The quantitative estimate of drug-likeness (QED) is 0.773. The standard InChI is InChI=1S/C19H18N2O3S/c22-17(21-10-8-16(20-21)14-4-2-1-3-5-14)12-24-19(23)18-15(9-11-25-18)13-6-7-13/h1-5,9,11,13H,6-8,10,12H2.